The molecule has 0 saturated heterocycles. The second-order valence-electron chi connectivity index (χ2n) is 5.62. The number of ketones is 1. The van der Waals surface area contributed by atoms with E-state index in [1.807, 2.05) is 39.8 Å². The molecule has 0 aliphatic heterocycles. The molecule has 3 nitrogen and oxygen atoms in total. The first kappa shape index (κ1) is 16.4. The maximum Gasteiger partial charge on any atom is 0.303 e. The Balaban J connectivity index is 3.10. The number of hydrogen-bond acceptors (Lipinski definition) is 3. The summed E-state index contributed by atoms with van der Waals surface area (Å²) in [5.74, 6) is -0.0851. The van der Waals surface area contributed by atoms with Gasteiger partial charge in [-0.05, 0) is 45.3 Å². The van der Waals surface area contributed by atoms with Crippen molar-refractivity contribution in [1.29, 1.82) is 0 Å². The molecule has 0 spiro atoms. The smallest absolute Gasteiger partial charge is 0.303 e. The van der Waals surface area contributed by atoms with Crippen molar-refractivity contribution in [3.8, 4) is 0 Å². The molecule has 0 amide bonds. The minimum atomic E-state index is -0.274. The van der Waals surface area contributed by atoms with Gasteiger partial charge in [0.25, 0.3) is 0 Å². The molecule has 1 aliphatic carbocycles. The zero-order valence-corrected chi connectivity index (χ0v) is 13.1. The quantitative estimate of drug-likeness (QED) is 0.414. The van der Waals surface area contributed by atoms with E-state index in [0.29, 0.717) is 19.3 Å². The number of allylic oxidation sites excluding steroid dienone is 4. The van der Waals surface area contributed by atoms with Crippen LogP contribution in [-0.2, 0) is 14.3 Å². The van der Waals surface area contributed by atoms with E-state index in [2.05, 4.69) is 0 Å². The number of Topliss-reactive ketones (excluding diaryl/α,β-unsaturated/α-hetero) is 1. The Morgan fingerprint density at radius 2 is 1.85 bits per heavy atom. The number of hydrogen-bond donors (Lipinski definition) is 0. The van der Waals surface area contributed by atoms with Crippen LogP contribution in [0.2, 0.25) is 0 Å². The van der Waals surface area contributed by atoms with Gasteiger partial charge in [0, 0.05) is 19.8 Å². The van der Waals surface area contributed by atoms with Gasteiger partial charge in [-0.3, -0.25) is 9.59 Å². The molecule has 0 aromatic rings. The average Bonchev–Trinajstić information content (AvgIpc) is 2.32. The van der Waals surface area contributed by atoms with Crippen LogP contribution in [-0.4, -0.2) is 17.9 Å². The molecule has 1 aliphatic rings. The Kier molecular flexibility index (Phi) is 5.93. The third-order valence-corrected chi connectivity index (χ3v) is 3.50. The maximum atomic E-state index is 12.2. The standard InChI is InChI=1S/C17H24O3/c1-11(2)15-8-7-13(4)17(20-14(5)18)9-6-12(3)10-16(15)19/h6-7,17H,8-10H2,1-5H3/b12-6+,13-7+/t17-/m0/s1. The van der Waals surface area contributed by atoms with Crippen molar-refractivity contribution in [2.75, 3.05) is 0 Å². The summed E-state index contributed by atoms with van der Waals surface area (Å²) in [7, 11) is 0. The van der Waals surface area contributed by atoms with E-state index in [1.165, 1.54) is 6.92 Å². The van der Waals surface area contributed by atoms with E-state index in [-0.39, 0.29) is 17.9 Å². The summed E-state index contributed by atoms with van der Waals surface area (Å²) in [6, 6.07) is 0. The molecule has 1 atom stereocenters. The summed E-state index contributed by atoms with van der Waals surface area (Å²) in [5.41, 5.74) is 3.94. The number of rotatable bonds is 1. The van der Waals surface area contributed by atoms with Crippen LogP contribution in [0.3, 0.4) is 0 Å². The molecule has 0 fully saturated rings. The van der Waals surface area contributed by atoms with Gasteiger partial charge in [-0.15, -0.1) is 0 Å². The predicted molar refractivity (Wildman–Crippen MR) is 80.3 cm³/mol. The monoisotopic (exact) mass is 276 g/mol. The summed E-state index contributed by atoms with van der Waals surface area (Å²) in [4.78, 5) is 23.4. The summed E-state index contributed by atoms with van der Waals surface area (Å²) in [6.07, 6.45) is 5.46. The van der Waals surface area contributed by atoms with Crippen molar-refractivity contribution in [3.05, 3.63) is 34.4 Å². The van der Waals surface area contributed by atoms with E-state index in [1.54, 1.807) is 0 Å². The Morgan fingerprint density at radius 1 is 1.20 bits per heavy atom. The van der Waals surface area contributed by atoms with E-state index in [9.17, 15) is 9.59 Å². The summed E-state index contributed by atoms with van der Waals surface area (Å²) in [5, 5.41) is 0. The van der Waals surface area contributed by atoms with Gasteiger partial charge in [0.1, 0.15) is 6.10 Å². The van der Waals surface area contributed by atoms with Crippen LogP contribution >= 0.6 is 0 Å². The molecule has 0 radical (unpaired) electrons. The van der Waals surface area contributed by atoms with Crippen LogP contribution in [0.5, 0.6) is 0 Å². The highest BCUT2D eigenvalue weighted by Crippen LogP contribution is 2.22. The summed E-state index contributed by atoms with van der Waals surface area (Å²) in [6.45, 7) is 9.25. The largest absolute Gasteiger partial charge is 0.458 e. The molecule has 1 rings (SSSR count). The molecule has 0 aromatic carbocycles. The Hall–Kier alpha value is -1.64. The normalized spacial score (nSPS) is 26.1. The van der Waals surface area contributed by atoms with E-state index < -0.39 is 0 Å². The van der Waals surface area contributed by atoms with Crippen molar-refractivity contribution in [2.24, 2.45) is 0 Å². The van der Waals surface area contributed by atoms with Crippen LogP contribution in [0.15, 0.2) is 34.4 Å². The second-order valence-corrected chi connectivity index (χ2v) is 5.62. The Bertz CT molecular complexity index is 488. The fourth-order valence-corrected chi connectivity index (χ4v) is 2.26. The molecular formula is C17H24O3. The van der Waals surface area contributed by atoms with Gasteiger partial charge >= 0.3 is 5.97 Å². The highest BCUT2D eigenvalue weighted by Gasteiger charge is 2.17. The van der Waals surface area contributed by atoms with Crippen LogP contribution in [0, 0.1) is 0 Å². The topological polar surface area (TPSA) is 43.4 Å². The van der Waals surface area contributed by atoms with Crippen molar-refractivity contribution < 1.29 is 14.3 Å². The van der Waals surface area contributed by atoms with Crippen molar-refractivity contribution in [2.45, 2.75) is 60.0 Å². The summed E-state index contributed by atoms with van der Waals surface area (Å²) >= 11 is 0. The molecule has 0 aromatic heterocycles. The van der Waals surface area contributed by atoms with Gasteiger partial charge in [-0.2, -0.15) is 0 Å². The molecule has 20 heavy (non-hydrogen) atoms. The minimum Gasteiger partial charge on any atom is -0.458 e. The highest BCUT2D eigenvalue weighted by molar-refractivity contribution is 5.97. The Morgan fingerprint density at radius 3 is 2.40 bits per heavy atom. The van der Waals surface area contributed by atoms with E-state index >= 15 is 0 Å². The highest BCUT2D eigenvalue weighted by atomic mass is 16.5. The fourth-order valence-electron chi connectivity index (χ4n) is 2.26. The maximum absolute atomic E-state index is 12.2. The lowest BCUT2D eigenvalue weighted by Crippen LogP contribution is -2.18. The molecule has 0 saturated carbocycles. The molecule has 0 unspecified atom stereocenters. The first-order valence-corrected chi connectivity index (χ1v) is 7.00. The van der Waals surface area contributed by atoms with Gasteiger partial charge in [0.15, 0.2) is 5.78 Å². The average molecular weight is 276 g/mol. The molecular weight excluding hydrogens is 252 g/mol. The second kappa shape index (κ2) is 7.22. The number of ether oxygens (including phenoxy) is 1. The third kappa shape index (κ3) is 4.80. The zero-order valence-electron chi connectivity index (χ0n) is 13.1. The van der Waals surface area contributed by atoms with Gasteiger partial charge < -0.3 is 4.74 Å². The SMILES string of the molecule is CC(=O)O[C@H]1C/C=C(\C)CC(=O)C(=C(C)C)C/C=C/1C. The molecule has 0 bridgehead atoms. The first-order valence-electron chi connectivity index (χ1n) is 7.00. The lowest BCUT2D eigenvalue weighted by molar-refractivity contribution is -0.144. The van der Waals surface area contributed by atoms with Crippen LogP contribution in [0.1, 0.15) is 53.9 Å². The number of carbonyl (C=O) groups is 2. The minimum absolute atomic E-state index is 0.189. The number of carbonyl (C=O) groups excluding carboxylic acids is 2. The van der Waals surface area contributed by atoms with Gasteiger partial charge in [0.2, 0.25) is 0 Å². The van der Waals surface area contributed by atoms with Crippen LogP contribution in [0.25, 0.3) is 0 Å². The first-order chi connectivity index (χ1) is 9.31. The Labute approximate surface area is 121 Å². The van der Waals surface area contributed by atoms with Crippen molar-refractivity contribution in [1.82, 2.24) is 0 Å². The molecule has 3 heteroatoms. The van der Waals surface area contributed by atoms with E-state index in [4.69, 9.17) is 4.74 Å². The zero-order chi connectivity index (χ0) is 15.3. The van der Waals surface area contributed by atoms with Crippen molar-refractivity contribution in [3.63, 3.8) is 0 Å². The van der Waals surface area contributed by atoms with Crippen LogP contribution in [0.4, 0.5) is 0 Å². The molecule has 0 N–H and O–H groups in total. The predicted octanol–water partition coefficient (Wildman–Crippen LogP) is 3.90. The third-order valence-electron chi connectivity index (χ3n) is 3.50. The van der Waals surface area contributed by atoms with Gasteiger partial charge in [-0.25, -0.2) is 0 Å². The number of esters is 1. The lowest BCUT2D eigenvalue weighted by Gasteiger charge is -2.19. The van der Waals surface area contributed by atoms with Crippen molar-refractivity contribution >= 4 is 11.8 Å². The lowest BCUT2D eigenvalue weighted by atomic mass is 9.93. The van der Waals surface area contributed by atoms with Gasteiger partial charge in [0.05, 0.1) is 0 Å². The van der Waals surface area contributed by atoms with Gasteiger partial charge in [-0.1, -0.05) is 23.3 Å². The van der Waals surface area contributed by atoms with E-state index in [0.717, 1.165) is 22.3 Å². The fraction of sp³-hybridized carbons (Fsp3) is 0.529. The summed E-state index contributed by atoms with van der Waals surface area (Å²) < 4.78 is 5.35. The van der Waals surface area contributed by atoms with Crippen LogP contribution < -0.4 is 0 Å². The molecule has 110 valence electrons. The molecule has 0 heterocycles.